The highest BCUT2D eigenvalue weighted by atomic mass is 16.2. The van der Waals surface area contributed by atoms with E-state index in [9.17, 15) is 4.79 Å². The van der Waals surface area contributed by atoms with Gasteiger partial charge in [-0.15, -0.1) is 0 Å². The molecule has 0 aliphatic carbocycles. The standard InChI is InChI=1S/C14H20N2O/c1-3-8-14(15)9-16(10-14)13(17)12-7-5-4-6-11(12)2/h4-7H,3,8-10,15H2,1-2H3. The third kappa shape index (κ3) is 2.34. The van der Waals surface area contributed by atoms with E-state index in [2.05, 4.69) is 6.92 Å². The van der Waals surface area contributed by atoms with Gasteiger partial charge in [0, 0.05) is 18.7 Å². The molecule has 0 spiro atoms. The molecule has 0 atom stereocenters. The summed E-state index contributed by atoms with van der Waals surface area (Å²) in [5.74, 6) is 0.111. The molecule has 0 saturated carbocycles. The van der Waals surface area contributed by atoms with E-state index in [4.69, 9.17) is 5.73 Å². The van der Waals surface area contributed by atoms with Gasteiger partial charge < -0.3 is 10.6 Å². The molecule has 1 saturated heterocycles. The third-order valence-electron chi connectivity index (χ3n) is 3.42. The summed E-state index contributed by atoms with van der Waals surface area (Å²) < 4.78 is 0. The first kappa shape index (κ1) is 12.1. The maximum Gasteiger partial charge on any atom is 0.254 e. The smallest absolute Gasteiger partial charge is 0.254 e. The SMILES string of the molecule is CCCC1(N)CN(C(=O)c2ccccc2C)C1. The number of aryl methyl sites for hydroxylation is 1. The molecular formula is C14H20N2O. The van der Waals surface area contributed by atoms with Gasteiger partial charge in [-0.1, -0.05) is 31.5 Å². The zero-order valence-electron chi connectivity index (χ0n) is 10.6. The molecule has 17 heavy (non-hydrogen) atoms. The van der Waals surface area contributed by atoms with Gasteiger partial charge in [-0.3, -0.25) is 4.79 Å². The number of nitrogens with two attached hydrogens (primary N) is 1. The van der Waals surface area contributed by atoms with Crippen molar-refractivity contribution < 1.29 is 4.79 Å². The van der Waals surface area contributed by atoms with Crippen molar-refractivity contribution in [1.29, 1.82) is 0 Å². The van der Waals surface area contributed by atoms with E-state index >= 15 is 0 Å². The molecule has 92 valence electrons. The second-order valence-electron chi connectivity index (χ2n) is 5.09. The van der Waals surface area contributed by atoms with Crippen LogP contribution in [0.15, 0.2) is 24.3 Å². The lowest BCUT2D eigenvalue weighted by molar-refractivity contribution is 0.0386. The van der Waals surface area contributed by atoms with E-state index in [-0.39, 0.29) is 11.4 Å². The number of benzene rings is 1. The van der Waals surface area contributed by atoms with Crippen LogP contribution in [0.1, 0.15) is 35.7 Å². The molecular weight excluding hydrogens is 212 g/mol. The number of amides is 1. The van der Waals surface area contributed by atoms with E-state index in [0.717, 1.165) is 24.0 Å². The van der Waals surface area contributed by atoms with E-state index in [1.165, 1.54) is 0 Å². The molecule has 1 aliphatic rings. The van der Waals surface area contributed by atoms with Crippen molar-refractivity contribution in [2.45, 2.75) is 32.2 Å². The van der Waals surface area contributed by atoms with Gasteiger partial charge in [0.25, 0.3) is 5.91 Å². The highest BCUT2D eigenvalue weighted by Crippen LogP contribution is 2.25. The molecule has 1 heterocycles. The minimum Gasteiger partial charge on any atom is -0.335 e. The molecule has 0 radical (unpaired) electrons. The average molecular weight is 232 g/mol. The summed E-state index contributed by atoms with van der Waals surface area (Å²) in [5, 5.41) is 0. The molecule has 0 unspecified atom stereocenters. The Balaban J connectivity index is 2.03. The Morgan fingerprint density at radius 2 is 2.06 bits per heavy atom. The minimum atomic E-state index is -0.146. The third-order valence-corrected chi connectivity index (χ3v) is 3.42. The van der Waals surface area contributed by atoms with Gasteiger partial charge in [0.15, 0.2) is 0 Å². The van der Waals surface area contributed by atoms with E-state index < -0.39 is 0 Å². The average Bonchev–Trinajstić information content (AvgIpc) is 2.26. The summed E-state index contributed by atoms with van der Waals surface area (Å²) in [4.78, 5) is 14.1. The van der Waals surface area contributed by atoms with Crippen molar-refractivity contribution in [3.8, 4) is 0 Å². The van der Waals surface area contributed by atoms with Crippen LogP contribution in [0.4, 0.5) is 0 Å². The molecule has 1 amide bonds. The maximum atomic E-state index is 12.2. The number of hydrogen-bond donors (Lipinski definition) is 1. The largest absolute Gasteiger partial charge is 0.335 e. The summed E-state index contributed by atoms with van der Waals surface area (Å²) in [6, 6.07) is 7.71. The fourth-order valence-corrected chi connectivity index (χ4v) is 2.50. The van der Waals surface area contributed by atoms with Crippen molar-refractivity contribution in [2.75, 3.05) is 13.1 Å². The molecule has 1 fully saturated rings. The van der Waals surface area contributed by atoms with Gasteiger partial charge in [0.05, 0.1) is 5.54 Å². The first-order valence-corrected chi connectivity index (χ1v) is 6.19. The normalized spacial score (nSPS) is 17.7. The number of carbonyl (C=O) groups is 1. The van der Waals surface area contributed by atoms with Crippen LogP contribution in [-0.4, -0.2) is 29.4 Å². The molecule has 3 heteroatoms. The molecule has 2 N–H and O–H groups in total. The summed E-state index contributed by atoms with van der Waals surface area (Å²) >= 11 is 0. The summed E-state index contributed by atoms with van der Waals surface area (Å²) in [7, 11) is 0. The molecule has 3 nitrogen and oxygen atoms in total. The van der Waals surface area contributed by atoms with Crippen molar-refractivity contribution >= 4 is 5.91 Å². The van der Waals surface area contributed by atoms with Crippen molar-refractivity contribution in [3.63, 3.8) is 0 Å². The molecule has 0 bridgehead atoms. The van der Waals surface area contributed by atoms with Gasteiger partial charge in [0.2, 0.25) is 0 Å². The van der Waals surface area contributed by atoms with Crippen LogP contribution in [0.25, 0.3) is 0 Å². The predicted octanol–water partition coefficient (Wildman–Crippen LogP) is 1.95. The number of nitrogens with zero attached hydrogens (tertiary/aromatic N) is 1. The van der Waals surface area contributed by atoms with Gasteiger partial charge in [0.1, 0.15) is 0 Å². The summed E-state index contributed by atoms with van der Waals surface area (Å²) in [6.07, 6.45) is 2.06. The number of rotatable bonds is 3. The lowest BCUT2D eigenvalue weighted by atomic mass is 9.85. The lowest BCUT2D eigenvalue weighted by Gasteiger charge is -2.48. The monoisotopic (exact) mass is 232 g/mol. The van der Waals surface area contributed by atoms with Crippen LogP contribution in [0, 0.1) is 6.92 Å². The van der Waals surface area contributed by atoms with Gasteiger partial charge >= 0.3 is 0 Å². The number of carbonyl (C=O) groups excluding carboxylic acids is 1. The predicted molar refractivity (Wildman–Crippen MR) is 68.9 cm³/mol. The molecule has 1 aliphatic heterocycles. The Labute approximate surface area is 103 Å². The first-order valence-electron chi connectivity index (χ1n) is 6.19. The van der Waals surface area contributed by atoms with Gasteiger partial charge in [-0.05, 0) is 25.0 Å². The van der Waals surface area contributed by atoms with Crippen LogP contribution in [0.2, 0.25) is 0 Å². The van der Waals surface area contributed by atoms with Crippen molar-refractivity contribution in [2.24, 2.45) is 5.73 Å². The first-order chi connectivity index (χ1) is 8.06. The highest BCUT2D eigenvalue weighted by Gasteiger charge is 2.41. The van der Waals surface area contributed by atoms with Crippen LogP contribution in [0.3, 0.4) is 0 Å². The Morgan fingerprint density at radius 3 is 2.65 bits per heavy atom. The zero-order chi connectivity index (χ0) is 12.5. The minimum absolute atomic E-state index is 0.111. The van der Waals surface area contributed by atoms with Gasteiger partial charge in [-0.25, -0.2) is 0 Å². The topological polar surface area (TPSA) is 46.3 Å². The second-order valence-corrected chi connectivity index (χ2v) is 5.09. The van der Waals surface area contributed by atoms with Gasteiger partial charge in [-0.2, -0.15) is 0 Å². The van der Waals surface area contributed by atoms with E-state index in [1.54, 1.807) is 0 Å². The van der Waals surface area contributed by atoms with Crippen LogP contribution in [-0.2, 0) is 0 Å². The van der Waals surface area contributed by atoms with Crippen molar-refractivity contribution in [1.82, 2.24) is 4.90 Å². The Bertz CT molecular complexity index is 422. The van der Waals surface area contributed by atoms with E-state index in [0.29, 0.717) is 13.1 Å². The fourth-order valence-electron chi connectivity index (χ4n) is 2.50. The number of hydrogen-bond acceptors (Lipinski definition) is 2. The summed E-state index contributed by atoms with van der Waals surface area (Å²) in [6.45, 7) is 5.47. The fraction of sp³-hybridized carbons (Fsp3) is 0.500. The molecule has 0 aromatic heterocycles. The maximum absolute atomic E-state index is 12.2. The van der Waals surface area contributed by atoms with Crippen LogP contribution in [0.5, 0.6) is 0 Å². The van der Waals surface area contributed by atoms with E-state index in [1.807, 2.05) is 36.1 Å². The quantitative estimate of drug-likeness (QED) is 0.865. The Morgan fingerprint density at radius 1 is 1.41 bits per heavy atom. The second kappa shape index (κ2) is 4.49. The number of likely N-dealkylation sites (tertiary alicyclic amines) is 1. The van der Waals surface area contributed by atoms with Crippen LogP contribution < -0.4 is 5.73 Å². The zero-order valence-corrected chi connectivity index (χ0v) is 10.6. The lowest BCUT2D eigenvalue weighted by Crippen LogP contribution is -2.68. The Kier molecular flexibility index (Phi) is 3.20. The summed E-state index contributed by atoms with van der Waals surface area (Å²) in [5.41, 5.74) is 7.85. The molecule has 1 aromatic rings. The Hall–Kier alpha value is -1.35. The molecule has 2 rings (SSSR count). The molecule has 1 aromatic carbocycles. The highest BCUT2D eigenvalue weighted by molar-refractivity contribution is 5.96. The van der Waals surface area contributed by atoms with Crippen molar-refractivity contribution in [3.05, 3.63) is 35.4 Å². The van der Waals surface area contributed by atoms with Crippen LogP contribution >= 0.6 is 0 Å².